The third-order valence-corrected chi connectivity index (χ3v) is 4.28. The quantitative estimate of drug-likeness (QED) is 0.587. The minimum Gasteiger partial charge on any atom is -0.339 e. The van der Waals surface area contributed by atoms with Crippen molar-refractivity contribution in [3.05, 3.63) is 21.4 Å². The normalized spacial score (nSPS) is 17.7. The van der Waals surface area contributed by atoms with E-state index in [2.05, 4.69) is 17.2 Å². The number of nitrogens with two attached hydrogens (primary N) is 1. The first-order valence-electron chi connectivity index (χ1n) is 6.34. The molecule has 3 N–H and O–H groups in total. The Morgan fingerprint density at radius 3 is 2.86 bits per heavy atom. The molecule has 1 aromatic heterocycles. The zero-order valence-corrected chi connectivity index (χ0v) is 12.5. The number of aryl methyl sites for hydroxylation is 1. The number of amides is 3. The summed E-state index contributed by atoms with van der Waals surface area (Å²) in [6.45, 7) is 2.11. The Kier molecular flexibility index (Phi) is 4.40. The summed E-state index contributed by atoms with van der Waals surface area (Å²) in [5.74, 6) is 4.59. The van der Waals surface area contributed by atoms with Crippen LogP contribution >= 0.6 is 11.3 Å². The summed E-state index contributed by atoms with van der Waals surface area (Å²) >= 11 is 1.24. The highest BCUT2D eigenvalue weighted by molar-refractivity contribution is 7.14. The fraction of sp³-hybridized carbons (Fsp3) is 0.357. The van der Waals surface area contributed by atoms with Crippen LogP contribution in [-0.4, -0.2) is 42.3 Å². The molecule has 0 aliphatic carbocycles. The summed E-state index contributed by atoms with van der Waals surface area (Å²) in [5.41, 5.74) is 6.21. The van der Waals surface area contributed by atoms with Crippen LogP contribution in [0.3, 0.4) is 0 Å². The number of hydrogen-bond acceptors (Lipinski definition) is 5. The minimum atomic E-state index is -0.781. The molecule has 1 fully saturated rings. The van der Waals surface area contributed by atoms with Gasteiger partial charge in [0.25, 0.3) is 11.8 Å². The van der Waals surface area contributed by atoms with Gasteiger partial charge in [0, 0.05) is 7.05 Å². The maximum atomic E-state index is 12.1. The van der Waals surface area contributed by atoms with E-state index in [0.29, 0.717) is 4.88 Å². The predicted octanol–water partition coefficient (Wildman–Crippen LogP) is -0.146. The second-order valence-electron chi connectivity index (χ2n) is 4.65. The van der Waals surface area contributed by atoms with E-state index in [-0.39, 0.29) is 30.7 Å². The monoisotopic (exact) mass is 305 g/mol. The SMILES string of the molecule is Cc1cc(C(=O)NC2CC(=O)N(C)C2=O)sc1C#CCN. The Bertz CT molecular complexity index is 669. The Balaban J connectivity index is 2.11. The Labute approximate surface area is 126 Å². The summed E-state index contributed by atoms with van der Waals surface area (Å²) in [6.07, 6.45) is 0.00523. The number of rotatable bonds is 2. The lowest BCUT2D eigenvalue weighted by molar-refractivity contribution is -0.137. The molecular formula is C14H15N3O3S. The molecule has 0 spiro atoms. The highest BCUT2D eigenvalue weighted by Crippen LogP contribution is 2.21. The van der Waals surface area contributed by atoms with Crippen LogP contribution in [0, 0.1) is 18.8 Å². The molecule has 1 atom stereocenters. The highest BCUT2D eigenvalue weighted by atomic mass is 32.1. The van der Waals surface area contributed by atoms with Gasteiger partial charge in [-0.05, 0) is 18.6 Å². The first kappa shape index (κ1) is 15.2. The molecule has 1 aliphatic heterocycles. The summed E-state index contributed by atoms with van der Waals surface area (Å²) in [4.78, 5) is 37.6. The van der Waals surface area contributed by atoms with Gasteiger partial charge < -0.3 is 11.1 Å². The van der Waals surface area contributed by atoms with E-state index in [1.54, 1.807) is 6.07 Å². The summed E-state index contributed by atoms with van der Waals surface area (Å²) in [5, 5.41) is 2.59. The van der Waals surface area contributed by atoms with E-state index in [4.69, 9.17) is 5.73 Å². The third-order valence-electron chi connectivity index (χ3n) is 3.13. The van der Waals surface area contributed by atoms with Gasteiger partial charge in [0.2, 0.25) is 5.91 Å². The summed E-state index contributed by atoms with van der Waals surface area (Å²) in [7, 11) is 1.41. The van der Waals surface area contributed by atoms with Crippen LogP contribution in [0.1, 0.15) is 26.5 Å². The molecule has 1 saturated heterocycles. The van der Waals surface area contributed by atoms with E-state index < -0.39 is 6.04 Å². The maximum absolute atomic E-state index is 12.1. The summed E-state index contributed by atoms with van der Waals surface area (Å²) in [6, 6.07) is 0.932. The molecule has 0 radical (unpaired) electrons. The molecule has 3 amide bonds. The van der Waals surface area contributed by atoms with Crippen molar-refractivity contribution in [2.45, 2.75) is 19.4 Å². The first-order chi connectivity index (χ1) is 9.93. The van der Waals surface area contributed by atoms with E-state index >= 15 is 0 Å². The Hall–Kier alpha value is -2.17. The van der Waals surface area contributed by atoms with Gasteiger partial charge in [0.15, 0.2) is 0 Å². The van der Waals surface area contributed by atoms with Crippen molar-refractivity contribution < 1.29 is 14.4 Å². The average Bonchev–Trinajstić information content (AvgIpc) is 2.93. The van der Waals surface area contributed by atoms with Crippen molar-refractivity contribution in [2.24, 2.45) is 5.73 Å². The fourth-order valence-corrected chi connectivity index (χ4v) is 2.90. The van der Waals surface area contributed by atoms with Gasteiger partial charge in [0.1, 0.15) is 6.04 Å². The molecule has 1 unspecified atom stereocenters. The molecule has 6 nitrogen and oxygen atoms in total. The van der Waals surface area contributed by atoms with Crippen LogP contribution < -0.4 is 11.1 Å². The smallest absolute Gasteiger partial charge is 0.262 e. The van der Waals surface area contributed by atoms with E-state index in [1.165, 1.54) is 18.4 Å². The molecule has 2 heterocycles. The van der Waals surface area contributed by atoms with Crippen LogP contribution in [0.25, 0.3) is 0 Å². The Morgan fingerprint density at radius 1 is 1.57 bits per heavy atom. The number of carbonyl (C=O) groups is 3. The standard InChI is InChI=1S/C14H15N3O3S/c1-8-6-11(21-10(8)4-3-5-15)13(19)16-9-7-12(18)17(2)14(9)20/h6,9H,5,7,15H2,1-2H3,(H,16,19). The van der Waals surface area contributed by atoms with Gasteiger partial charge in [-0.1, -0.05) is 11.8 Å². The third kappa shape index (κ3) is 3.12. The number of nitrogens with zero attached hydrogens (tertiary/aromatic N) is 1. The fourth-order valence-electron chi connectivity index (χ4n) is 1.95. The molecule has 0 saturated carbocycles. The van der Waals surface area contributed by atoms with Crippen LogP contribution in [0.5, 0.6) is 0 Å². The average molecular weight is 305 g/mol. The van der Waals surface area contributed by atoms with Gasteiger partial charge in [-0.25, -0.2) is 0 Å². The van der Waals surface area contributed by atoms with Gasteiger partial charge in [-0.15, -0.1) is 11.3 Å². The second kappa shape index (κ2) is 6.08. The predicted molar refractivity (Wildman–Crippen MR) is 78.6 cm³/mol. The molecule has 1 aromatic rings. The second-order valence-corrected chi connectivity index (χ2v) is 5.70. The number of likely N-dealkylation sites (N-methyl/N-ethyl adjacent to an activating group) is 1. The van der Waals surface area contributed by atoms with Crippen molar-refractivity contribution in [3.8, 4) is 11.8 Å². The number of nitrogens with one attached hydrogen (secondary N) is 1. The molecule has 0 aromatic carbocycles. The number of hydrogen-bond donors (Lipinski definition) is 2. The highest BCUT2D eigenvalue weighted by Gasteiger charge is 2.37. The van der Waals surface area contributed by atoms with Crippen molar-refractivity contribution in [3.63, 3.8) is 0 Å². The van der Waals surface area contributed by atoms with Gasteiger partial charge in [0.05, 0.1) is 22.7 Å². The minimum absolute atomic E-state index is 0.00523. The lowest BCUT2D eigenvalue weighted by Crippen LogP contribution is -2.40. The number of carbonyl (C=O) groups excluding carboxylic acids is 3. The van der Waals surface area contributed by atoms with Crippen molar-refractivity contribution in [1.29, 1.82) is 0 Å². The molecule has 110 valence electrons. The lowest BCUT2D eigenvalue weighted by atomic mass is 10.2. The number of imide groups is 1. The van der Waals surface area contributed by atoms with E-state index in [1.807, 2.05) is 6.92 Å². The lowest BCUT2D eigenvalue weighted by Gasteiger charge is -2.09. The van der Waals surface area contributed by atoms with Crippen LogP contribution in [0.4, 0.5) is 0 Å². The topological polar surface area (TPSA) is 92.5 Å². The summed E-state index contributed by atoms with van der Waals surface area (Å²) < 4.78 is 0. The first-order valence-corrected chi connectivity index (χ1v) is 7.16. The number of thiophene rings is 1. The van der Waals surface area contributed by atoms with Crippen LogP contribution in [0.2, 0.25) is 0 Å². The van der Waals surface area contributed by atoms with Crippen molar-refractivity contribution >= 4 is 29.1 Å². The molecule has 21 heavy (non-hydrogen) atoms. The Morgan fingerprint density at radius 2 is 2.29 bits per heavy atom. The van der Waals surface area contributed by atoms with Crippen LogP contribution in [0.15, 0.2) is 6.07 Å². The maximum Gasteiger partial charge on any atom is 0.262 e. The van der Waals surface area contributed by atoms with Crippen LogP contribution in [-0.2, 0) is 9.59 Å². The van der Waals surface area contributed by atoms with Gasteiger partial charge in [-0.3, -0.25) is 19.3 Å². The molecule has 2 rings (SSSR count). The van der Waals surface area contributed by atoms with Crippen molar-refractivity contribution in [2.75, 3.05) is 13.6 Å². The van der Waals surface area contributed by atoms with E-state index in [0.717, 1.165) is 15.3 Å². The van der Waals surface area contributed by atoms with Gasteiger partial charge in [-0.2, -0.15) is 0 Å². The zero-order valence-electron chi connectivity index (χ0n) is 11.7. The number of likely N-dealkylation sites (tertiary alicyclic amines) is 1. The molecule has 7 heteroatoms. The van der Waals surface area contributed by atoms with Crippen molar-refractivity contribution in [1.82, 2.24) is 10.2 Å². The largest absolute Gasteiger partial charge is 0.339 e. The molecular weight excluding hydrogens is 290 g/mol. The van der Waals surface area contributed by atoms with Gasteiger partial charge >= 0.3 is 0 Å². The zero-order chi connectivity index (χ0) is 15.6. The van der Waals surface area contributed by atoms with E-state index in [9.17, 15) is 14.4 Å². The molecule has 1 aliphatic rings. The molecule has 0 bridgehead atoms.